The number of nitro benzene ring substituents is 1. The molecule has 176 valence electrons. The largest absolute Gasteiger partial charge is 0.451 e. The number of anilines is 2. The summed E-state index contributed by atoms with van der Waals surface area (Å²) in [5, 5.41) is 14.2. The van der Waals surface area contributed by atoms with E-state index in [0.717, 1.165) is 24.3 Å². The Morgan fingerprint density at radius 1 is 1.03 bits per heavy atom. The number of nitrogens with zero attached hydrogens (tertiary/aromatic N) is 3. The second-order valence-electron chi connectivity index (χ2n) is 8.16. The number of benzene rings is 2. The molecule has 1 aliphatic rings. The van der Waals surface area contributed by atoms with Crippen LogP contribution in [0.5, 0.6) is 0 Å². The highest BCUT2D eigenvalue weighted by Gasteiger charge is 2.21. The topological polar surface area (TPSA) is 109 Å². The fourth-order valence-corrected chi connectivity index (χ4v) is 3.99. The Balaban J connectivity index is 1.40. The minimum absolute atomic E-state index is 0.0608. The molecule has 9 heteroatoms. The van der Waals surface area contributed by atoms with Crippen molar-refractivity contribution in [2.45, 2.75) is 20.3 Å². The van der Waals surface area contributed by atoms with Gasteiger partial charge in [-0.2, -0.15) is 0 Å². The number of aryl methyl sites for hydroxylation is 1. The minimum atomic E-state index is -0.465. The van der Waals surface area contributed by atoms with Crippen molar-refractivity contribution >= 4 is 28.9 Å². The van der Waals surface area contributed by atoms with E-state index >= 15 is 0 Å². The zero-order valence-corrected chi connectivity index (χ0v) is 19.1. The van der Waals surface area contributed by atoms with Crippen LogP contribution >= 0.6 is 0 Å². The zero-order chi connectivity index (χ0) is 24.2. The lowest BCUT2D eigenvalue weighted by Gasteiger charge is -2.36. The highest BCUT2D eigenvalue weighted by Crippen LogP contribution is 2.32. The molecule has 2 heterocycles. The van der Waals surface area contributed by atoms with Crippen LogP contribution in [0.3, 0.4) is 0 Å². The van der Waals surface area contributed by atoms with Crippen molar-refractivity contribution in [3.05, 3.63) is 76.0 Å². The smallest absolute Gasteiger partial charge is 0.291 e. The third-order valence-corrected chi connectivity index (χ3v) is 5.87. The van der Waals surface area contributed by atoms with Gasteiger partial charge in [0.1, 0.15) is 5.76 Å². The molecule has 0 radical (unpaired) electrons. The number of hydrogen-bond acceptors (Lipinski definition) is 6. The number of carbonyl (C=O) groups excluding carboxylic acids is 2. The van der Waals surface area contributed by atoms with E-state index < -0.39 is 10.8 Å². The molecule has 3 aromatic rings. The highest BCUT2D eigenvalue weighted by atomic mass is 16.6. The molecule has 0 aliphatic carbocycles. The predicted molar refractivity (Wildman–Crippen MR) is 129 cm³/mol. The van der Waals surface area contributed by atoms with E-state index in [-0.39, 0.29) is 23.1 Å². The maximum Gasteiger partial charge on any atom is 0.291 e. The Morgan fingerprint density at radius 2 is 1.74 bits per heavy atom. The Bertz CT molecular complexity index is 1210. The van der Waals surface area contributed by atoms with Crippen molar-refractivity contribution in [3.8, 4) is 11.3 Å². The van der Waals surface area contributed by atoms with Crippen molar-refractivity contribution < 1.29 is 18.9 Å². The summed E-state index contributed by atoms with van der Waals surface area (Å²) in [6, 6.07) is 15.4. The maximum absolute atomic E-state index is 12.7. The predicted octanol–water partition coefficient (Wildman–Crippen LogP) is 4.47. The van der Waals surface area contributed by atoms with E-state index in [9.17, 15) is 19.7 Å². The minimum Gasteiger partial charge on any atom is -0.451 e. The van der Waals surface area contributed by atoms with Crippen LogP contribution in [-0.2, 0) is 4.79 Å². The number of hydrogen-bond donors (Lipinski definition) is 1. The second-order valence-corrected chi connectivity index (χ2v) is 8.16. The first-order valence-corrected chi connectivity index (χ1v) is 11.1. The standard InChI is InChI=1S/C25H26N4O5/c1-3-24(30)28-14-12-27(13-15-28)19-7-5-18(6-8-19)26-25(31)23-11-10-22(34-23)20-9-4-17(2)16-21(20)29(32)33/h4-11,16H,3,12-15H2,1-2H3,(H,26,31). The third kappa shape index (κ3) is 4.93. The number of rotatable bonds is 6. The molecule has 0 bridgehead atoms. The van der Waals surface area contributed by atoms with Gasteiger partial charge in [-0.25, -0.2) is 0 Å². The van der Waals surface area contributed by atoms with E-state index in [0.29, 0.717) is 30.8 Å². The summed E-state index contributed by atoms with van der Waals surface area (Å²) < 4.78 is 5.63. The summed E-state index contributed by atoms with van der Waals surface area (Å²) in [5.41, 5.74) is 2.64. The monoisotopic (exact) mass is 462 g/mol. The van der Waals surface area contributed by atoms with Gasteiger partial charge < -0.3 is 19.5 Å². The van der Waals surface area contributed by atoms with Crippen molar-refractivity contribution in [3.63, 3.8) is 0 Å². The maximum atomic E-state index is 12.7. The van der Waals surface area contributed by atoms with Gasteiger partial charge in [0.05, 0.1) is 10.5 Å². The number of carbonyl (C=O) groups is 2. The molecule has 0 saturated carbocycles. The molecule has 34 heavy (non-hydrogen) atoms. The summed E-state index contributed by atoms with van der Waals surface area (Å²) in [6.45, 7) is 6.57. The summed E-state index contributed by atoms with van der Waals surface area (Å²) in [4.78, 5) is 39.5. The van der Waals surface area contributed by atoms with Crippen LogP contribution < -0.4 is 10.2 Å². The zero-order valence-electron chi connectivity index (χ0n) is 19.1. The van der Waals surface area contributed by atoms with Crippen molar-refractivity contribution in [2.24, 2.45) is 0 Å². The van der Waals surface area contributed by atoms with E-state index in [4.69, 9.17) is 4.42 Å². The van der Waals surface area contributed by atoms with Gasteiger partial charge in [-0.15, -0.1) is 0 Å². The van der Waals surface area contributed by atoms with Crippen LogP contribution in [0.25, 0.3) is 11.3 Å². The molecule has 2 aromatic carbocycles. The fraction of sp³-hybridized carbons (Fsp3) is 0.280. The van der Waals surface area contributed by atoms with Gasteiger partial charge in [0.2, 0.25) is 5.91 Å². The first-order valence-electron chi connectivity index (χ1n) is 11.1. The number of piperazine rings is 1. The summed E-state index contributed by atoms with van der Waals surface area (Å²) >= 11 is 0. The SMILES string of the molecule is CCC(=O)N1CCN(c2ccc(NC(=O)c3ccc(-c4ccc(C)cc4[N+](=O)[O-])o3)cc2)CC1. The molecular weight excluding hydrogens is 436 g/mol. The summed E-state index contributed by atoms with van der Waals surface area (Å²) in [6.07, 6.45) is 0.521. The number of amides is 2. The Hall–Kier alpha value is -4.14. The molecule has 2 amide bonds. The molecule has 1 saturated heterocycles. The van der Waals surface area contributed by atoms with Crippen LogP contribution in [0.15, 0.2) is 59.0 Å². The lowest BCUT2D eigenvalue weighted by atomic mass is 10.1. The van der Waals surface area contributed by atoms with Crippen LogP contribution in [0.4, 0.5) is 17.1 Å². The average molecular weight is 463 g/mol. The molecule has 0 unspecified atom stereocenters. The van der Waals surface area contributed by atoms with Crippen molar-refractivity contribution in [2.75, 3.05) is 36.4 Å². The van der Waals surface area contributed by atoms with E-state index in [1.54, 1.807) is 25.1 Å². The van der Waals surface area contributed by atoms with Crippen molar-refractivity contribution in [1.29, 1.82) is 0 Å². The Kier molecular flexibility index (Phi) is 6.62. The molecule has 1 N–H and O–H groups in total. The van der Waals surface area contributed by atoms with Gasteiger partial charge in [0.25, 0.3) is 11.6 Å². The van der Waals surface area contributed by atoms with Crippen LogP contribution in [0.2, 0.25) is 0 Å². The Labute approximate surface area is 197 Å². The van der Waals surface area contributed by atoms with Gasteiger partial charge in [-0.05, 0) is 55.0 Å². The Morgan fingerprint density at radius 3 is 2.38 bits per heavy atom. The van der Waals surface area contributed by atoms with Gasteiger partial charge >= 0.3 is 0 Å². The van der Waals surface area contributed by atoms with Gasteiger partial charge in [0.15, 0.2) is 5.76 Å². The lowest BCUT2D eigenvalue weighted by molar-refractivity contribution is -0.384. The molecule has 1 aromatic heterocycles. The van der Waals surface area contributed by atoms with Gasteiger partial charge in [-0.1, -0.05) is 13.0 Å². The van der Waals surface area contributed by atoms with E-state index in [1.165, 1.54) is 12.1 Å². The first kappa shape index (κ1) is 23.0. The van der Waals surface area contributed by atoms with Gasteiger partial charge in [0, 0.05) is 50.0 Å². The first-order chi connectivity index (χ1) is 16.4. The van der Waals surface area contributed by atoms with E-state index in [2.05, 4.69) is 10.2 Å². The summed E-state index contributed by atoms with van der Waals surface area (Å²) in [7, 11) is 0. The molecule has 1 aliphatic heterocycles. The molecule has 4 rings (SSSR count). The van der Waals surface area contributed by atoms with Crippen LogP contribution in [0.1, 0.15) is 29.5 Å². The molecular formula is C25H26N4O5. The molecule has 1 fully saturated rings. The third-order valence-electron chi connectivity index (χ3n) is 5.87. The number of nitrogens with one attached hydrogen (secondary N) is 1. The second kappa shape index (κ2) is 9.78. The van der Waals surface area contributed by atoms with Crippen molar-refractivity contribution in [1.82, 2.24) is 4.90 Å². The average Bonchev–Trinajstić information content (AvgIpc) is 3.34. The fourth-order valence-electron chi connectivity index (χ4n) is 3.99. The quantitative estimate of drug-likeness (QED) is 0.428. The normalized spacial score (nSPS) is 13.6. The molecule has 0 spiro atoms. The van der Waals surface area contributed by atoms with Gasteiger partial charge in [-0.3, -0.25) is 19.7 Å². The van der Waals surface area contributed by atoms with E-state index in [1.807, 2.05) is 36.1 Å². The van der Waals surface area contributed by atoms with Crippen LogP contribution in [0, 0.1) is 17.0 Å². The lowest BCUT2D eigenvalue weighted by Crippen LogP contribution is -2.48. The number of furan rings is 1. The molecule has 9 nitrogen and oxygen atoms in total. The molecule has 0 atom stereocenters. The number of nitro groups is 1. The summed E-state index contributed by atoms with van der Waals surface area (Å²) in [5.74, 6) is 0.0507. The highest BCUT2D eigenvalue weighted by molar-refractivity contribution is 6.02. The van der Waals surface area contributed by atoms with Crippen LogP contribution in [-0.4, -0.2) is 47.8 Å².